The molecule has 0 aliphatic heterocycles. The lowest BCUT2D eigenvalue weighted by Gasteiger charge is -2.23. The first kappa shape index (κ1) is 29.5. The third-order valence-corrected chi connectivity index (χ3v) is 10.9. The Balaban J connectivity index is 1.16. The van der Waals surface area contributed by atoms with Crippen molar-refractivity contribution >= 4 is 21.4 Å². The summed E-state index contributed by atoms with van der Waals surface area (Å²) in [6, 6.07) is 32.6. The van der Waals surface area contributed by atoms with Crippen molar-refractivity contribution in [3.63, 3.8) is 0 Å². The van der Waals surface area contributed by atoms with Gasteiger partial charge in [-0.3, -0.25) is 4.98 Å². The minimum Gasteiger partial charge on any atom is -0.310 e. The van der Waals surface area contributed by atoms with Crippen LogP contribution in [0.1, 0.15) is 48.8 Å². The van der Waals surface area contributed by atoms with E-state index < -0.39 is 10.0 Å². The summed E-state index contributed by atoms with van der Waals surface area (Å²) >= 11 is 1.64. The fourth-order valence-corrected chi connectivity index (χ4v) is 7.84. The summed E-state index contributed by atoms with van der Waals surface area (Å²) < 4.78 is 29.4. The number of hydrogen-bond donors (Lipinski definition) is 1. The van der Waals surface area contributed by atoms with E-state index in [0.717, 1.165) is 39.2 Å². The van der Waals surface area contributed by atoms with Crippen molar-refractivity contribution < 1.29 is 8.42 Å². The molecule has 0 spiro atoms. The number of pyridine rings is 1. The highest BCUT2D eigenvalue weighted by Crippen LogP contribution is 2.28. The van der Waals surface area contributed by atoms with E-state index in [0.29, 0.717) is 6.04 Å². The average Bonchev–Trinajstić information content (AvgIpc) is 3.61. The van der Waals surface area contributed by atoms with Crippen LogP contribution >= 0.6 is 11.3 Å². The van der Waals surface area contributed by atoms with Gasteiger partial charge < -0.3 is 5.32 Å². The van der Waals surface area contributed by atoms with Crippen LogP contribution in [0.4, 0.5) is 0 Å². The van der Waals surface area contributed by atoms with Crippen molar-refractivity contribution in [3.05, 3.63) is 132 Å². The first-order chi connectivity index (χ1) is 21.0. The van der Waals surface area contributed by atoms with Crippen LogP contribution in [0.3, 0.4) is 0 Å². The number of benzene rings is 3. The van der Waals surface area contributed by atoms with E-state index in [9.17, 15) is 8.42 Å². The Morgan fingerprint density at radius 3 is 2.00 bits per heavy atom. The zero-order valence-electron chi connectivity index (χ0n) is 24.2. The molecule has 1 fully saturated rings. The van der Waals surface area contributed by atoms with Crippen molar-refractivity contribution in [1.29, 1.82) is 0 Å². The largest absolute Gasteiger partial charge is 0.310 e. The molecular formula is C36H37N3O2S2. The van der Waals surface area contributed by atoms with Gasteiger partial charge in [0.05, 0.1) is 4.90 Å². The predicted octanol–water partition coefficient (Wildman–Crippen LogP) is 8.29. The van der Waals surface area contributed by atoms with Crippen molar-refractivity contribution in [2.24, 2.45) is 0 Å². The van der Waals surface area contributed by atoms with Crippen LogP contribution in [0.25, 0.3) is 21.6 Å². The summed E-state index contributed by atoms with van der Waals surface area (Å²) in [5.41, 5.74) is 6.35. The van der Waals surface area contributed by atoms with E-state index in [1.807, 2.05) is 53.9 Å². The molecule has 3 aromatic carbocycles. The number of rotatable bonds is 11. The summed E-state index contributed by atoms with van der Waals surface area (Å²) in [6.45, 7) is 1.40. The van der Waals surface area contributed by atoms with Gasteiger partial charge in [-0.05, 0) is 75.9 Å². The average molecular weight is 608 g/mol. The minimum absolute atomic E-state index is 0.237. The van der Waals surface area contributed by atoms with Crippen molar-refractivity contribution in [1.82, 2.24) is 14.6 Å². The first-order valence-corrected chi connectivity index (χ1v) is 17.3. The minimum atomic E-state index is -3.76. The van der Waals surface area contributed by atoms with Gasteiger partial charge >= 0.3 is 0 Å². The lowest BCUT2D eigenvalue weighted by atomic mass is 9.95. The fourth-order valence-electron chi connectivity index (χ4n) is 5.69. The third kappa shape index (κ3) is 7.48. The topological polar surface area (TPSA) is 62.3 Å². The molecule has 1 aliphatic carbocycles. The van der Waals surface area contributed by atoms with E-state index >= 15 is 0 Å². The van der Waals surface area contributed by atoms with Crippen molar-refractivity contribution in [2.45, 2.75) is 62.7 Å². The Labute approximate surface area is 259 Å². The molecule has 0 unspecified atom stereocenters. The van der Waals surface area contributed by atoms with E-state index in [2.05, 4.69) is 46.7 Å². The molecule has 2 aromatic heterocycles. The molecule has 7 heteroatoms. The van der Waals surface area contributed by atoms with Crippen molar-refractivity contribution in [2.75, 3.05) is 0 Å². The van der Waals surface area contributed by atoms with E-state index in [-0.39, 0.29) is 18.0 Å². The normalized spacial score (nSPS) is 14.3. The highest BCUT2D eigenvalue weighted by molar-refractivity contribution is 7.89. The van der Waals surface area contributed by atoms with E-state index in [1.54, 1.807) is 35.9 Å². The van der Waals surface area contributed by atoms with Gasteiger partial charge in [-0.25, -0.2) is 8.42 Å². The summed E-state index contributed by atoms with van der Waals surface area (Å²) in [5.74, 6) is 0. The number of nitrogens with one attached hydrogen (secondary N) is 1. The Kier molecular flexibility index (Phi) is 9.44. The van der Waals surface area contributed by atoms with Gasteiger partial charge in [-0.1, -0.05) is 92.1 Å². The lowest BCUT2D eigenvalue weighted by molar-refractivity contribution is 0.372. The van der Waals surface area contributed by atoms with Gasteiger partial charge in [0.15, 0.2) is 0 Å². The lowest BCUT2D eigenvalue weighted by Crippen LogP contribution is -2.30. The van der Waals surface area contributed by atoms with Gasteiger partial charge in [-0.2, -0.15) is 4.31 Å². The molecule has 0 atom stereocenters. The third-order valence-electron chi connectivity index (χ3n) is 8.18. The first-order valence-electron chi connectivity index (χ1n) is 15.0. The molecule has 0 bridgehead atoms. The molecular weight excluding hydrogens is 571 g/mol. The van der Waals surface area contributed by atoms with Crippen LogP contribution in [-0.2, 0) is 29.7 Å². The molecule has 1 aliphatic rings. The summed E-state index contributed by atoms with van der Waals surface area (Å²) in [6.07, 6.45) is 10.0. The quantitative estimate of drug-likeness (QED) is 0.164. The van der Waals surface area contributed by atoms with Crippen LogP contribution in [0.15, 0.2) is 120 Å². The summed E-state index contributed by atoms with van der Waals surface area (Å²) in [4.78, 5) is 5.60. The van der Waals surface area contributed by atoms with Crippen LogP contribution in [0.5, 0.6) is 0 Å². The highest BCUT2D eigenvalue weighted by Gasteiger charge is 2.25. The number of hydrogen-bond acceptors (Lipinski definition) is 5. The molecule has 43 heavy (non-hydrogen) atoms. The highest BCUT2D eigenvalue weighted by atomic mass is 32.2. The molecule has 0 radical (unpaired) electrons. The van der Waals surface area contributed by atoms with Crippen LogP contribution in [0, 0.1) is 0 Å². The maximum absolute atomic E-state index is 13.9. The molecule has 0 saturated heterocycles. The Morgan fingerprint density at radius 1 is 0.721 bits per heavy atom. The zero-order chi connectivity index (χ0) is 29.5. The molecule has 1 N–H and O–H groups in total. The number of thiophene rings is 1. The number of aromatic nitrogens is 1. The van der Waals surface area contributed by atoms with Crippen LogP contribution < -0.4 is 5.32 Å². The Morgan fingerprint density at radius 2 is 1.37 bits per heavy atom. The maximum Gasteiger partial charge on any atom is 0.243 e. The van der Waals surface area contributed by atoms with E-state index in [1.165, 1.54) is 42.0 Å². The second-order valence-corrected chi connectivity index (χ2v) is 14.1. The van der Waals surface area contributed by atoms with Gasteiger partial charge in [0, 0.05) is 42.9 Å². The Hall–Kier alpha value is -3.62. The van der Waals surface area contributed by atoms with Crippen LogP contribution in [0.2, 0.25) is 0 Å². The van der Waals surface area contributed by atoms with Gasteiger partial charge in [-0.15, -0.1) is 11.3 Å². The monoisotopic (exact) mass is 607 g/mol. The summed E-state index contributed by atoms with van der Waals surface area (Å²) in [7, 11) is -3.76. The predicted molar refractivity (Wildman–Crippen MR) is 176 cm³/mol. The smallest absolute Gasteiger partial charge is 0.243 e. The van der Waals surface area contributed by atoms with Gasteiger partial charge in [0.2, 0.25) is 10.0 Å². The SMILES string of the molecule is O=S(=O)(c1ccc(-c2cccs2)cc1)N(Cc1ccc(-c2ccc(CNC3CCCCC3)cc2)cc1)Cc1cccnc1. The molecule has 2 heterocycles. The second-order valence-electron chi connectivity index (χ2n) is 11.2. The standard InChI is InChI=1S/C36H37N3O2S2/c40-43(41,35-20-18-33(19-21-35)36-9-5-23-42-36)39(27-30-6-4-22-37-24-30)26-29-12-16-32(17-13-29)31-14-10-28(11-15-31)25-38-34-7-2-1-3-8-34/h4-6,9-24,34,38H,1-3,7-8,25-27H2. The van der Waals surface area contributed by atoms with E-state index in [4.69, 9.17) is 0 Å². The second kappa shape index (κ2) is 13.8. The van der Waals surface area contributed by atoms with Crippen LogP contribution in [-0.4, -0.2) is 23.7 Å². The summed E-state index contributed by atoms with van der Waals surface area (Å²) in [5, 5.41) is 5.74. The molecule has 0 amide bonds. The molecule has 1 saturated carbocycles. The Bertz CT molecular complexity index is 1680. The number of nitrogens with zero attached hydrogens (tertiary/aromatic N) is 2. The van der Waals surface area contributed by atoms with Gasteiger partial charge in [0.1, 0.15) is 0 Å². The number of sulfonamides is 1. The van der Waals surface area contributed by atoms with Gasteiger partial charge in [0.25, 0.3) is 0 Å². The molecule has 5 nitrogen and oxygen atoms in total. The molecule has 220 valence electrons. The van der Waals surface area contributed by atoms with Crippen molar-refractivity contribution in [3.8, 4) is 21.6 Å². The maximum atomic E-state index is 13.9. The fraction of sp³-hybridized carbons (Fsp3) is 0.250. The molecule has 6 rings (SSSR count). The zero-order valence-corrected chi connectivity index (χ0v) is 25.9. The molecule has 5 aromatic rings.